The van der Waals surface area contributed by atoms with Crippen LogP contribution < -0.4 is 5.32 Å². The van der Waals surface area contributed by atoms with Crippen LogP contribution in [0.1, 0.15) is 0 Å². The van der Waals surface area contributed by atoms with E-state index in [1.165, 1.54) is 11.8 Å². The first-order valence-corrected chi connectivity index (χ1v) is 3.19. The van der Waals surface area contributed by atoms with E-state index in [-0.39, 0.29) is 0 Å². The van der Waals surface area contributed by atoms with Gasteiger partial charge in [-0.05, 0) is 0 Å². The topological polar surface area (TPSA) is 12.0 Å². The van der Waals surface area contributed by atoms with Gasteiger partial charge >= 0.3 is 0 Å². The van der Waals surface area contributed by atoms with E-state index >= 15 is 0 Å². The van der Waals surface area contributed by atoms with Crippen LogP contribution in [0.2, 0.25) is 0 Å². The van der Waals surface area contributed by atoms with E-state index in [2.05, 4.69) is 5.32 Å². The molecular formula is C3H2Cl2NS. The number of thioether (sulfide) groups is 1. The molecule has 0 saturated heterocycles. The molecule has 4 heteroatoms. The Kier molecular flexibility index (Phi) is 1.73. The van der Waals surface area contributed by atoms with Crippen LogP contribution in [0.3, 0.4) is 0 Å². The fraction of sp³-hybridized carbons (Fsp3) is 0. The van der Waals surface area contributed by atoms with Gasteiger partial charge in [-0.2, -0.15) is 0 Å². The van der Waals surface area contributed by atoms with Crippen LogP contribution in [0, 0.1) is 4.83 Å². The number of nitrogens with one attached hydrogen (secondary N) is 1. The lowest BCUT2D eigenvalue weighted by Gasteiger charge is -1.91. The van der Waals surface area contributed by atoms with Gasteiger partial charge in [-0.15, -0.1) is 0 Å². The maximum absolute atomic E-state index is 5.46. The van der Waals surface area contributed by atoms with E-state index in [0.717, 1.165) is 0 Å². The molecule has 1 radical (unpaired) electrons. The molecule has 0 amide bonds. The third kappa shape index (κ3) is 1.44. The SMILES string of the molecule is Cl[C]1NC=C(Cl)S1. The minimum absolute atomic E-state index is 0.616. The highest BCUT2D eigenvalue weighted by molar-refractivity contribution is 8.08. The van der Waals surface area contributed by atoms with Crippen LogP contribution in [-0.2, 0) is 0 Å². The van der Waals surface area contributed by atoms with Gasteiger partial charge in [-0.3, -0.25) is 0 Å². The van der Waals surface area contributed by atoms with Gasteiger partial charge in [0, 0.05) is 6.20 Å². The summed E-state index contributed by atoms with van der Waals surface area (Å²) in [6.45, 7) is 0. The molecule has 0 aromatic heterocycles. The summed E-state index contributed by atoms with van der Waals surface area (Å²) in [6.07, 6.45) is 1.65. The second-order valence-electron chi connectivity index (χ2n) is 0.969. The standard InChI is InChI=1S/C3H2Cl2NS/c4-2-1-6-3(5)7-2/h1,6H. The van der Waals surface area contributed by atoms with Crippen molar-refractivity contribution < 1.29 is 0 Å². The van der Waals surface area contributed by atoms with E-state index < -0.39 is 0 Å². The van der Waals surface area contributed by atoms with Gasteiger partial charge in [0.1, 0.15) is 0 Å². The first-order valence-electron chi connectivity index (χ1n) is 1.61. The second kappa shape index (κ2) is 2.16. The predicted molar refractivity (Wildman–Crippen MR) is 33.8 cm³/mol. The van der Waals surface area contributed by atoms with E-state index in [1.54, 1.807) is 6.20 Å². The smallest absolute Gasteiger partial charge is 0.212 e. The number of hydrogen-bond donors (Lipinski definition) is 1. The molecule has 1 aliphatic rings. The molecule has 1 nitrogen and oxygen atoms in total. The Bertz CT molecular complexity index is 103. The molecule has 39 valence electrons. The van der Waals surface area contributed by atoms with E-state index in [0.29, 0.717) is 9.20 Å². The zero-order valence-corrected chi connectivity index (χ0v) is 5.57. The molecule has 0 spiro atoms. The lowest BCUT2D eigenvalue weighted by atomic mass is 11.0. The Balaban J connectivity index is 2.42. The quantitative estimate of drug-likeness (QED) is 0.537. The molecule has 1 heterocycles. The van der Waals surface area contributed by atoms with Gasteiger partial charge in [-0.25, -0.2) is 0 Å². The van der Waals surface area contributed by atoms with Gasteiger partial charge in [0.25, 0.3) is 0 Å². The Labute approximate surface area is 56.1 Å². The summed E-state index contributed by atoms with van der Waals surface area (Å²) in [4.78, 5) is 0.616. The minimum atomic E-state index is 0.616. The van der Waals surface area contributed by atoms with Crippen LogP contribution in [0.15, 0.2) is 10.6 Å². The minimum Gasteiger partial charge on any atom is -0.359 e. The third-order valence-electron chi connectivity index (χ3n) is 0.486. The Morgan fingerprint density at radius 2 is 2.29 bits per heavy atom. The highest BCUT2D eigenvalue weighted by Gasteiger charge is 2.12. The molecule has 0 bridgehead atoms. The van der Waals surface area contributed by atoms with Crippen molar-refractivity contribution in [2.45, 2.75) is 0 Å². The first-order chi connectivity index (χ1) is 3.29. The Hall–Kier alpha value is 0.470. The van der Waals surface area contributed by atoms with Crippen molar-refractivity contribution in [2.75, 3.05) is 0 Å². The van der Waals surface area contributed by atoms with Gasteiger partial charge in [0.15, 0.2) is 0 Å². The third-order valence-corrected chi connectivity index (χ3v) is 1.78. The van der Waals surface area contributed by atoms with Crippen LogP contribution in [-0.4, -0.2) is 0 Å². The van der Waals surface area contributed by atoms with Crippen molar-refractivity contribution in [2.24, 2.45) is 0 Å². The molecule has 0 aliphatic carbocycles. The number of halogens is 2. The van der Waals surface area contributed by atoms with Crippen LogP contribution >= 0.6 is 35.0 Å². The molecule has 0 aromatic rings. The van der Waals surface area contributed by atoms with Gasteiger partial charge in [-0.1, -0.05) is 35.0 Å². The highest BCUT2D eigenvalue weighted by Crippen LogP contribution is 2.35. The van der Waals surface area contributed by atoms with Crippen molar-refractivity contribution in [3.63, 3.8) is 0 Å². The predicted octanol–water partition coefficient (Wildman–Crippen LogP) is 2.05. The van der Waals surface area contributed by atoms with E-state index in [4.69, 9.17) is 23.2 Å². The summed E-state index contributed by atoms with van der Waals surface area (Å²) < 4.78 is 0.685. The lowest BCUT2D eigenvalue weighted by molar-refractivity contribution is 1.15. The number of rotatable bonds is 0. The van der Waals surface area contributed by atoms with Gasteiger partial charge in [0.05, 0.1) is 4.36 Å². The van der Waals surface area contributed by atoms with Crippen molar-refractivity contribution in [1.29, 1.82) is 0 Å². The largest absolute Gasteiger partial charge is 0.359 e. The number of hydrogen-bond acceptors (Lipinski definition) is 2. The summed E-state index contributed by atoms with van der Waals surface area (Å²) in [5, 5.41) is 2.72. The molecular weight excluding hydrogens is 153 g/mol. The molecule has 1 N–H and O–H groups in total. The van der Waals surface area contributed by atoms with E-state index in [9.17, 15) is 0 Å². The van der Waals surface area contributed by atoms with Gasteiger partial charge < -0.3 is 5.32 Å². The molecule has 1 aliphatic heterocycles. The van der Waals surface area contributed by atoms with Gasteiger partial charge in [0.2, 0.25) is 4.83 Å². The maximum Gasteiger partial charge on any atom is 0.212 e. The van der Waals surface area contributed by atoms with Crippen molar-refractivity contribution in [3.8, 4) is 0 Å². The monoisotopic (exact) mass is 154 g/mol. The molecule has 1 rings (SSSR count). The summed E-state index contributed by atoms with van der Waals surface area (Å²) in [5.41, 5.74) is 0. The van der Waals surface area contributed by atoms with Crippen molar-refractivity contribution >= 4 is 35.0 Å². The summed E-state index contributed by atoms with van der Waals surface area (Å²) in [5.74, 6) is 0. The average Bonchev–Trinajstić information content (AvgIpc) is 1.87. The van der Waals surface area contributed by atoms with Crippen LogP contribution in [0.5, 0.6) is 0 Å². The average molecular weight is 155 g/mol. The normalized spacial score (nSPS) is 21.7. The maximum atomic E-state index is 5.46. The van der Waals surface area contributed by atoms with E-state index in [1.807, 2.05) is 0 Å². The summed E-state index contributed by atoms with van der Waals surface area (Å²) in [7, 11) is 0. The summed E-state index contributed by atoms with van der Waals surface area (Å²) in [6, 6.07) is 0. The summed E-state index contributed by atoms with van der Waals surface area (Å²) >= 11 is 12.2. The molecule has 0 saturated carbocycles. The Morgan fingerprint density at radius 3 is 2.43 bits per heavy atom. The molecule has 0 aromatic carbocycles. The zero-order chi connectivity index (χ0) is 5.28. The van der Waals surface area contributed by atoms with Crippen LogP contribution in [0.25, 0.3) is 0 Å². The Morgan fingerprint density at radius 1 is 1.57 bits per heavy atom. The molecule has 7 heavy (non-hydrogen) atoms. The fourth-order valence-electron chi connectivity index (χ4n) is 0.258. The van der Waals surface area contributed by atoms with Crippen molar-refractivity contribution in [3.05, 3.63) is 15.4 Å². The zero-order valence-electron chi connectivity index (χ0n) is 3.24. The second-order valence-corrected chi connectivity index (χ2v) is 3.25. The molecule has 0 unspecified atom stereocenters. The van der Waals surface area contributed by atoms with Crippen molar-refractivity contribution in [1.82, 2.24) is 5.32 Å². The highest BCUT2D eigenvalue weighted by atomic mass is 35.5. The fourth-order valence-corrected chi connectivity index (χ4v) is 1.37. The van der Waals surface area contributed by atoms with Crippen LogP contribution in [0.4, 0.5) is 0 Å². The first kappa shape index (κ1) is 5.60. The lowest BCUT2D eigenvalue weighted by Crippen LogP contribution is -1.96. The molecule has 0 atom stereocenters. The molecule has 0 fully saturated rings.